The zero-order valence-electron chi connectivity index (χ0n) is 9.42. The van der Waals surface area contributed by atoms with Gasteiger partial charge in [0.15, 0.2) is 0 Å². The minimum absolute atomic E-state index is 0.0409. The van der Waals surface area contributed by atoms with E-state index in [0.717, 1.165) is 0 Å². The zero-order chi connectivity index (χ0) is 13.0. The number of halogens is 1. The fraction of sp³-hybridized carbons (Fsp3) is 0.0769. The molecule has 0 heterocycles. The standard InChI is InChI=1S/C13H11ClN2O2/c14-10-2-1-3-11(7-10)15-16-12-4-5-13(18)9(6-12)8-17/h1-7,17-18H,8H2. The predicted molar refractivity (Wildman–Crippen MR) is 69.7 cm³/mol. The molecule has 5 heteroatoms. The second-order valence-corrected chi connectivity index (χ2v) is 4.09. The molecule has 0 fully saturated rings. The molecule has 0 aromatic heterocycles. The summed E-state index contributed by atoms with van der Waals surface area (Å²) in [7, 11) is 0. The first kappa shape index (κ1) is 12.5. The fourth-order valence-electron chi connectivity index (χ4n) is 1.41. The molecule has 18 heavy (non-hydrogen) atoms. The molecule has 4 nitrogen and oxygen atoms in total. The van der Waals surface area contributed by atoms with E-state index in [2.05, 4.69) is 10.2 Å². The average molecular weight is 263 g/mol. The first-order valence-electron chi connectivity index (χ1n) is 5.29. The van der Waals surface area contributed by atoms with Crippen LogP contribution in [0.2, 0.25) is 5.02 Å². The van der Waals surface area contributed by atoms with Crippen LogP contribution in [-0.4, -0.2) is 10.2 Å². The summed E-state index contributed by atoms with van der Waals surface area (Å²) < 4.78 is 0. The van der Waals surface area contributed by atoms with E-state index in [1.165, 1.54) is 6.07 Å². The molecule has 0 unspecified atom stereocenters. The highest BCUT2D eigenvalue weighted by atomic mass is 35.5. The SMILES string of the molecule is OCc1cc(N=Nc2cccc(Cl)c2)ccc1O. The largest absolute Gasteiger partial charge is 0.508 e. The highest BCUT2D eigenvalue weighted by Gasteiger charge is 2.00. The van der Waals surface area contributed by atoms with E-state index >= 15 is 0 Å². The predicted octanol–water partition coefficient (Wildman–Crippen LogP) is 3.95. The van der Waals surface area contributed by atoms with Gasteiger partial charge in [0.2, 0.25) is 0 Å². The van der Waals surface area contributed by atoms with Crippen molar-refractivity contribution in [2.75, 3.05) is 0 Å². The first-order chi connectivity index (χ1) is 8.69. The minimum atomic E-state index is -0.244. The molecule has 0 radical (unpaired) electrons. The Balaban J connectivity index is 2.23. The third kappa shape index (κ3) is 3.06. The Bertz CT molecular complexity index is 585. The molecule has 0 saturated carbocycles. The van der Waals surface area contributed by atoms with Crippen molar-refractivity contribution >= 4 is 23.0 Å². The van der Waals surface area contributed by atoms with Crippen LogP contribution in [-0.2, 0) is 6.61 Å². The lowest BCUT2D eigenvalue weighted by Crippen LogP contribution is -1.82. The summed E-state index contributed by atoms with van der Waals surface area (Å²) in [6, 6.07) is 11.7. The monoisotopic (exact) mass is 262 g/mol. The van der Waals surface area contributed by atoms with Crippen molar-refractivity contribution in [2.45, 2.75) is 6.61 Å². The van der Waals surface area contributed by atoms with Gasteiger partial charge in [0.05, 0.1) is 18.0 Å². The van der Waals surface area contributed by atoms with Gasteiger partial charge in [-0.3, -0.25) is 0 Å². The topological polar surface area (TPSA) is 65.2 Å². The molecular formula is C13H11ClN2O2. The number of benzene rings is 2. The number of hydrogen-bond acceptors (Lipinski definition) is 4. The molecule has 0 saturated heterocycles. The van der Waals surface area contributed by atoms with Crippen LogP contribution in [0.4, 0.5) is 11.4 Å². The maximum Gasteiger partial charge on any atom is 0.121 e. The molecule has 2 N–H and O–H groups in total. The smallest absolute Gasteiger partial charge is 0.121 e. The van der Waals surface area contributed by atoms with Crippen LogP contribution in [0.3, 0.4) is 0 Å². The molecule has 92 valence electrons. The second kappa shape index (κ2) is 5.62. The van der Waals surface area contributed by atoms with Gasteiger partial charge in [-0.25, -0.2) is 0 Å². The lowest BCUT2D eigenvalue weighted by Gasteiger charge is -2.01. The Morgan fingerprint density at radius 1 is 1.00 bits per heavy atom. The fourth-order valence-corrected chi connectivity index (χ4v) is 1.60. The third-order valence-electron chi connectivity index (χ3n) is 2.32. The molecule has 0 spiro atoms. The van der Waals surface area contributed by atoms with E-state index in [9.17, 15) is 5.11 Å². The lowest BCUT2D eigenvalue weighted by atomic mass is 10.2. The molecular weight excluding hydrogens is 252 g/mol. The number of phenols is 1. The van der Waals surface area contributed by atoms with E-state index in [-0.39, 0.29) is 12.4 Å². The summed E-state index contributed by atoms with van der Waals surface area (Å²) in [5.74, 6) is 0.0409. The summed E-state index contributed by atoms with van der Waals surface area (Å²) in [6.07, 6.45) is 0. The van der Waals surface area contributed by atoms with Crippen LogP contribution in [0.15, 0.2) is 52.7 Å². The summed E-state index contributed by atoms with van der Waals surface area (Å²) >= 11 is 5.83. The zero-order valence-corrected chi connectivity index (χ0v) is 10.2. The number of azo groups is 1. The van der Waals surface area contributed by atoms with Crippen LogP contribution in [0.25, 0.3) is 0 Å². The molecule has 2 aromatic rings. The number of aliphatic hydroxyl groups excluding tert-OH is 1. The van der Waals surface area contributed by atoms with Crippen molar-refractivity contribution in [3.8, 4) is 5.75 Å². The van der Waals surface area contributed by atoms with E-state index in [1.54, 1.807) is 36.4 Å². The van der Waals surface area contributed by atoms with Crippen molar-refractivity contribution in [1.82, 2.24) is 0 Å². The van der Waals surface area contributed by atoms with Gasteiger partial charge in [0.25, 0.3) is 0 Å². The van der Waals surface area contributed by atoms with Gasteiger partial charge in [-0.2, -0.15) is 10.2 Å². The average Bonchev–Trinajstić information content (AvgIpc) is 2.38. The van der Waals surface area contributed by atoms with Crippen LogP contribution in [0, 0.1) is 0 Å². The van der Waals surface area contributed by atoms with Crippen LogP contribution >= 0.6 is 11.6 Å². The molecule has 2 rings (SSSR count). The Morgan fingerprint density at radius 2 is 1.72 bits per heavy atom. The van der Waals surface area contributed by atoms with Crippen molar-refractivity contribution in [1.29, 1.82) is 0 Å². The Kier molecular flexibility index (Phi) is 3.92. The normalized spacial score (nSPS) is 11.0. The van der Waals surface area contributed by atoms with Gasteiger partial charge in [-0.1, -0.05) is 17.7 Å². The maximum absolute atomic E-state index is 9.41. The van der Waals surface area contributed by atoms with Gasteiger partial charge in [0.1, 0.15) is 5.75 Å². The van der Waals surface area contributed by atoms with Crippen LogP contribution < -0.4 is 0 Å². The quantitative estimate of drug-likeness (QED) is 0.823. The number of aliphatic hydroxyl groups is 1. The second-order valence-electron chi connectivity index (χ2n) is 3.65. The molecule has 0 atom stereocenters. The van der Waals surface area contributed by atoms with Crippen molar-refractivity contribution in [3.63, 3.8) is 0 Å². The van der Waals surface area contributed by atoms with Crippen LogP contribution in [0.1, 0.15) is 5.56 Å². The number of nitrogens with zero attached hydrogens (tertiary/aromatic N) is 2. The molecule has 0 amide bonds. The van der Waals surface area contributed by atoms with Crippen molar-refractivity contribution in [2.24, 2.45) is 10.2 Å². The van der Waals surface area contributed by atoms with Crippen LogP contribution in [0.5, 0.6) is 5.75 Å². The van der Waals surface area contributed by atoms with Gasteiger partial charge in [0, 0.05) is 10.6 Å². The van der Waals surface area contributed by atoms with Crippen molar-refractivity contribution in [3.05, 3.63) is 53.1 Å². The Hall–Kier alpha value is -1.91. The molecule has 2 aromatic carbocycles. The molecule has 0 bridgehead atoms. The number of rotatable bonds is 3. The van der Waals surface area contributed by atoms with Gasteiger partial charge in [-0.05, 0) is 36.4 Å². The van der Waals surface area contributed by atoms with Gasteiger partial charge in [-0.15, -0.1) is 0 Å². The summed E-state index contributed by atoms with van der Waals surface area (Å²) in [4.78, 5) is 0. The minimum Gasteiger partial charge on any atom is -0.508 e. The van der Waals surface area contributed by atoms with Gasteiger partial charge >= 0.3 is 0 Å². The Labute approximate surface area is 109 Å². The molecule has 0 aliphatic heterocycles. The number of aromatic hydroxyl groups is 1. The van der Waals surface area contributed by atoms with E-state index in [0.29, 0.717) is 22.0 Å². The van der Waals surface area contributed by atoms with E-state index < -0.39 is 0 Å². The Morgan fingerprint density at radius 3 is 2.39 bits per heavy atom. The van der Waals surface area contributed by atoms with E-state index in [4.69, 9.17) is 16.7 Å². The third-order valence-corrected chi connectivity index (χ3v) is 2.56. The van der Waals surface area contributed by atoms with Crippen molar-refractivity contribution < 1.29 is 10.2 Å². The maximum atomic E-state index is 9.41. The number of hydrogen-bond donors (Lipinski definition) is 2. The highest BCUT2D eigenvalue weighted by Crippen LogP contribution is 2.25. The molecule has 0 aliphatic rings. The van der Waals surface area contributed by atoms with Gasteiger partial charge < -0.3 is 10.2 Å². The highest BCUT2D eigenvalue weighted by molar-refractivity contribution is 6.30. The summed E-state index contributed by atoms with van der Waals surface area (Å²) in [5, 5.41) is 27.0. The molecule has 0 aliphatic carbocycles. The first-order valence-corrected chi connectivity index (χ1v) is 5.67. The lowest BCUT2D eigenvalue weighted by molar-refractivity contribution is 0.275. The summed E-state index contributed by atoms with van der Waals surface area (Å²) in [6.45, 7) is -0.244. The summed E-state index contributed by atoms with van der Waals surface area (Å²) in [5.41, 5.74) is 1.61. The van der Waals surface area contributed by atoms with E-state index in [1.807, 2.05) is 0 Å².